The SMILES string of the molecule is Nc1cccc(N(CO)S(=O)(=O)C2CC2)c1. The van der Waals surface area contributed by atoms with Crippen LogP contribution in [0.2, 0.25) is 0 Å². The van der Waals surface area contributed by atoms with Crippen LogP contribution in [0.5, 0.6) is 0 Å². The van der Waals surface area contributed by atoms with Gasteiger partial charge in [0.1, 0.15) is 6.73 Å². The highest BCUT2D eigenvalue weighted by atomic mass is 32.2. The summed E-state index contributed by atoms with van der Waals surface area (Å²) in [5.41, 5.74) is 6.47. The lowest BCUT2D eigenvalue weighted by Crippen LogP contribution is -2.34. The lowest BCUT2D eigenvalue weighted by molar-refractivity contribution is 0.309. The Bertz CT molecular complexity index is 483. The monoisotopic (exact) mass is 242 g/mol. The van der Waals surface area contributed by atoms with E-state index in [2.05, 4.69) is 0 Å². The van der Waals surface area contributed by atoms with Crippen molar-refractivity contribution < 1.29 is 13.5 Å². The maximum Gasteiger partial charge on any atom is 0.239 e. The van der Waals surface area contributed by atoms with Crippen LogP contribution in [-0.2, 0) is 10.0 Å². The molecule has 1 aliphatic carbocycles. The predicted octanol–water partition coefficient (Wildman–Crippen LogP) is 0.517. The number of rotatable bonds is 4. The van der Waals surface area contributed by atoms with E-state index in [1.165, 1.54) is 6.07 Å². The van der Waals surface area contributed by atoms with Crippen LogP contribution >= 0.6 is 0 Å². The van der Waals surface area contributed by atoms with Gasteiger partial charge in [-0.2, -0.15) is 0 Å². The molecule has 88 valence electrons. The van der Waals surface area contributed by atoms with E-state index in [0.717, 1.165) is 4.31 Å². The second-order valence-corrected chi connectivity index (χ2v) is 5.97. The molecule has 0 saturated heterocycles. The zero-order valence-electron chi connectivity index (χ0n) is 8.70. The quantitative estimate of drug-likeness (QED) is 0.595. The number of hydrogen-bond acceptors (Lipinski definition) is 4. The largest absolute Gasteiger partial charge is 0.399 e. The summed E-state index contributed by atoms with van der Waals surface area (Å²) in [6.07, 6.45) is 1.34. The molecule has 1 aromatic rings. The molecule has 3 N–H and O–H groups in total. The van der Waals surface area contributed by atoms with Crippen molar-refractivity contribution in [2.75, 3.05) is 16.8 Å². The first-order valence-electron chi connectivity index (χ1n) is 5.03. The fourth-order valence-electron chi connectivity index (χ4n) is 1.53. The molecule has 2 rings (SSSR count). The summed E-state index contributed by atoms with van der Waals surface area (Å²) in [5.74, 6) is 0. The molecule has 6 heteroatoms. The molecular weight excluding hydrogens is 228 g/mol. The zero-order valence-corrected chi connectivity index (χ0v) is 9.52. The highest BCUT2D eigenvalue weighted by molar-refractivity contribution is 7.93. The minimum absolute atomic E-state index is 0.346. The summed E-state index contributed by atoms with van der Waals surface area (Å²) in [5, 5.41) is 8.84. The molecule has 0 heterocycles. The molecule has 0 aromatic heterocycles. The zero-order chi connectivity index (χ0) is 11.8. The maximum absolute atomic E-state index is 12.0. The van der Waals surface area contributed by atoms with Gasteiger partial charge < -0.3 is 10.8 Å². The van der Waals surface area contributed by atoms with Gasteiger partial charge in [-0.3, -0.25) is 0 Å². The van der Waals surface area contributed by atoms with Crippen molar-refractivity contribution in [1.82, 2.24) is 0 Å². The normalized spacial score (nSPS) is 16.1. The lowest BCUT2D eigenvalue weighted by atomic mass is 10.3. The van der Waals surface area contributed by atoms with Gasteiger partial charge in [0.2, 0.25) is 10.0 Å². The summed E-state index contributed by atoms with van der Waals surface area (Å²) in [4.78, 5) is 0. The van der Waals surface area contributed by atoms with Gasteiger partial charge in [-0.25, -0.2) is 12.7 Å². The van der Waals surface area contributed by atoms with Gasteiger partial charge in [0.15, 0.2) is 0 Å². The van der Waals surface area contributed by atoms with E-state index >= 15 is 0 Å². The van der Waals surface area contributed by atoms with Crippen molar-refractivity contribution in [3.8, 4) is 0 Å². The Morgan fingerprint density at radius 2 is 2.12 bits per heavy atom. The van der Waals surface area contributed by atoms with Crippen molar-refractivity contribution in [2.45, 2.75) is 18.1 Å². The Morgan fingerprint density at radius 3 is 2.62 bits per heavy atom. The van der Waals surface area contributed by atoms with Crippen LogP contribution in [0.15, 0.2) is 24.3 Å². The van der Waals surface area contributed by atoms with E-state index < -0.39 is 16.8 Å². The molecule has 1 aromatic carbocycles. The Morgan fingerprint density at radius 1 is 1.44 bits per heavy atom. The molecule has 1 saturated carbocycles. The van der Waals surface area contributed by atoms with Gasteiger partial charge in [-0.15, -0.1) is 0 Å². The maximum atomic E-state index is 12.0. The van der Waals surface area contributed by atoms with Crippen molar-refractivity contribution in [3.63, 3.8) is 0 Å². The summed E-state index contributed by atoms with van der Waals surface area (Å²) in [7, 11) is -3.42. The summed E-state index contributed by atoms with van der Waals surface area (Å²) < 4.78 is 24.9. The number of nitrogens with two attached hydrogens (primary N) is 1. The summed E-state index contributed by atoms with van der Waals surface area (Å²) in [6, 6.07) is 6.49. The van der Waals surface area contributed by atoms with Crippen LogP contribution in [0.4, 0.5) is 11.4 Å². The third-order valence-electron chi connectivity index (χ3n) is 2.54. The van der Waals surface area contributed by atoms with Crippen LogP contribution in [0.1, 0.15) is 12.8 Å². The fourth-order valence-corrected chi connectivity index (χ4v) is 3.19. The molecule has 0 radical (unpaired) electrons. The molecule has 0 amide bonds. The molecule has 5 nitrogen and oxygen atoms in total. The second-order valence-electron chi connectivity index (χ2n) is 3.83. The van der Waals surface area contributed by atoms with Crippen LogP contribution in [0.25, 0.3) is 0 Å². The highest BCUT2D eigenvalue weighted by Gasteiger charge is 2.40. The average molecular weight is 242 g/mol. The fraction of sp³-hybridized carbons (Fsp3) is 0.400. The van der Waals surface area contributed by atoms with E-state index in [0.29, 0.717) is 24.2 Å². The second kappa shape index (κ2) is 3.95. The summed E-state index contributed by atoms with van der Waals surface area (Å²) >= 11 is 0. The van der Waals surface area contributed by atoms with E-state index in [-0.39, 0.29) is 5.25 Å². The Labute approximate surface area is 94.5 Å². The number of nitrogen functional groups attached to an aromatic ring is 1. The van der Waals surface area contributed by atoms with Gasteiger partial charge in [-0.05, 0) is 31.0 Å². The Kier molecular flexibility index (Phi) is 2.77. The Balaban J connectivity index is 2.36. The number of nitrogens with zero attached hydrogens (tertiary/aromatic N) is 1. The van der Waals surface area contributed by atoms with Crippen molar-refractivity contribution in [1.29, 1.82) is 0 Å². The summed E-state index contributed by atoms with van der Waals surface area (Å²) in [6.45, 7) is -0.553. The number of benzene rings is 1. The van der Waals surface area contributed by atoms with Crippen LogP contribution in [0, 0.1) is 0 Å². The van der Waals surface area contributed by atoms with Crippen molar-refractivity contribution in [2.24, 2.45) is 0 Å². The molecular formula is C10H14N2O3S. The highest BCUT2D eigenvalue weighted by Crippen LogP contribution is 2.33. The number of aliphatic hydroxyl groups is 1. The van der Waals surface area contributed by atoms with E-state index in [1.54, 1.807) is 18.2 Å². The molecule has 1 fully saturated rings. The third kappa shape index (κ3) is 1.98. The smallest absolute Gasteiger partial charge is 0.239 e. The molecule has 0 atom stereocenters. The number of aliphatic hydroxyl groups excluding tert-OH is 1. The molecule has 0 bridgehead atoms. The van der Waals surface area contributed by atoms with Gasteiger partial charge in [0.05, 0.1) is 10.9 Å². The molecule has 1 aliphatic rings. The first-order chi connectivity index (χ1) is 7.55. The number of sulfonamides is 1. The van der Waals surface area contributed by atoms with Gasteiger partial charge in [-0.1, -0.05) is 6.07 Å². The minimum atomic E-state index is -3.42. The third-order valence-corrected chi connectivity index (χ3v) is 4.79. The molecule has 0 spiro atoms. The van der Waals surface area contributed by atoms with E-state index in [4.69, 9.17) is 5.73 Å². The Hall–Kier alpha value is -1.27. The van der Waals surface area contributed by atoms with E-state index in [1.807, 2.05) is 0 Å². The van der Waals surface area contributed by atoms with Crippen LogP contribution in [-0.4, -0.2) is 25.5 Å². The van der Waals surface area contributed by atoms with Gasteiger partial charge in [0.25, 0.3) is 0 Å². The van der Waals surface area contributed by atoms with Crippen LogP contribution in [0.3, 0.4) is 0 Å². The molecule has 0 unspecified atom stereocenters. The minimum Gasteiger partial charge on any atom is -0.399 e. The van der Waals surface area contributed by atoms with Gasteiger partial charge >= 0.3 is 0 Å². The van der Waals surface area contributed by atoms with Crippen molar-refractivity contribution in [3.05, 3.63) is 24.3 Å². The molecule has 0 aliphatic heterocycles. The van der Waals surface area contributed by atoms with Gasteiger partial charge in [0, 0.05) is 5.69 Å². The first kappa shape index (κ1) is 11.2. The molecule has 16 heavy (non-hydrogen) atoms. The number of hydrogen-bond donors (Lipinski definition) is 2. The predicted molar refractivity (Wildman–Crippen MR) is 62.4 cm³/mol. The van der Waals surface area contributed by atoms with E-state index in [9.17, 15) is 13.5 Å². The number of anilines is 2. The average Bonchev–Trinajstić information content (AvgIpc) is 3.01. The topological polar surface area (TPSA) is 83.6 Å². The standard InChI is InChI=1S/C10H14N2O3S/c11-8-2-1-3-9(6-8)12(7-13)16(14,15)10-4-5-10/h1-3,6,10,13H,4-5,7,11H2. The van der Waals surface area contributed by atoms with Crippen LogP contribution < -0.4 is 10.0 Å². The first-order valence-corrected chi connectivity index (χ1v) is 6.54. The lowest BCUT2D eigenvalue weighted by Gasteiger charge is -2.21. The van der Waals surface area contributed by atoms with Crippen molar-refractivity contribution >= 4 is 21.4 Å².